The van der Waals surface area contributed by atoms with Gasteiger partial charge in [-0.3, -0.25) is 14.9 Å². The van der Waals surface area contributed by atoms with Crippen LogP contribution in [0.2, 0.25) is 0 Å². The first-order valence-corrected chi connectivity index (χ1v) is 7.74. The SMILES string of the molecule is O=C1CC2COCC1N2S(=O)(=O)c1ccccc1[N+](=O)[O-]. The molecule has 2 aliphatic rings. The highest BCUT2D eigenvalue weighted by molar-refractivity contribution is 7.89. The molecule has 1 aromatic rings. The van der Waals surface area contributed by atoms with Gasteiger partial charge in [-0.25, -0.2) is 8.42 Å². The number of fused-ring (bicyclic) bond motifs is 2. The molecule has 0 amide bonds. The van der Waals surface area contributed by atoms with Crippen LogP contribution in [0.25, 0.3) is 0 Å². The van der Waals surface area contributed by atoms with Crippen LogP contribution < -0.4 is 0 Å². The molecule has 0 N–H and O–H groups in total. The van der Waals surface area contributed by atoms with Crippen LogP contribution in [0.15, 0.2) is 29.2 Å². The number of hydrogen-bond acceptors (Lipinski definition) is 6. The van der Waals surface area contributed by atoms with Gasteiger partial charge in [0.05, 0.1) is 24.2 Å². The summed E-state index contributed by atoms with van der Waals surface area (Å²) < 4.78 is 31.7. The van der Waals surface area contributed by atoms with Gasteiger partial charge in [0, 0.05) is 12.5 Å². The van der Waals surface area contributed by atoms with Crippen molar-refractivity contribution >= 4 is 21.5 Å². The van der Waals surface area contributed by atoms with Crippen LogP contribution >= 0.6 is 0 Å². The first-order valence-electron chi connectivity index (χ1n) is 6.30. The molecular formula is C12H12N2O6S. The van der Waals surface area contributed by atoms with Gasteiger partial charge in [-0.15, -0.1) is 0 Å². The lowest BCUT2D eigenvalue weighted by atomic mass is 10.2. The fourth-order valence-electron chi connectivity index (χ4n) is 2.77. The van der Waals surface area contributed by atoms with Crippen molar-refractivity contribution in [2.75, 3.05) is 13.2 Å². The number of carbonyl (C=O) groups excluding carboxylic acids is 1. The molecule has 2 aliphatic heterocycles. The first-order chi connectivity index (χ1) is 9.93. The molecule has 0 aliphatic carbocycles. The van der Waals surface area contributed by atoms with E-state index in [0.717, 1.165) is 10.4 Å². The Kier molecular flexibility index (Phi) is 3.27. The number of sulfonamides is 1. The molecule has 0 saturated carbocycles. The summed E-state index contributed by atoms with van der Waals surface area (Å²) in [5, 5.41) is 11.0. The van der Waals surface area contributed by atoms with Crippen molar-refractivity contribution < 1.29 is 22.9 Å². The average molecular weight is 312 g/mol. The third-order valence-corrected chi connectivity index (χ3v) is 5.69. The molecule has 0 spiro atoms. The second-order valence-electron chi connectivity index (χ2n) is 4.94. The molecule has 3 rings (SSSR count). The van der Waals surface area contributed by atoms with E-state index in [2.05, 4.69) is 0 Å². The quantitative estimate of drug-likeness (QED) is 0.588. The van der Waals surface area contributed by atoms with Crippen LogP contribution in [-0.4, -0.2) is 48.7 Å². The first kappa shape index (κ1) is 14.1. The molecule has 0 radical (unpaired) electrons. The summed E-state index contributed by atoms with van der Waals surface area (Å²) >= 11 is 0. The Morgan fingerprint density at radius 2 is 2.00 bits per heavy atom. The zero-order valence-electron chi connectivity index (χ0n) is 10.8. The van der Waals surface area contributed by atoms with E-state index in [1.165, 1.54) is 18.2 Å². The predicted octanol–water partition coefficient (Wildman–Crippen LogP) is 0.326. The highest BCUT2D eigenvalue weighted by Crippen LogP contribution is 2.35. The van der Waals surface area contributed by atoms with Crippen molar-refractivity contribution in [3.63, 3.8) is 0 Å². The monoisotopic (exact) mass is 312 g/mol. The molecule has 2 fully saturated rings. The molecule has 2 unspecified atom stereocenters. The number of ketones is 1. The standard InChI is InChI=1S/C12H12N2O6S/c15-11-5-8-6-20-7-10(11)13(8)21(18,19)12-4-2-1-3-9(12)14(16)17/h1-4,8,10H,5-7H2. The largest absolute Gasteiger partial charge is 0.378 e. The third kappa shape index (κ3) is 2.13. The number of nitro benzene ring substituents is 1. The zero-order chi connectivity index (χ0) is 15.2. The Balaban J connectivity index is 2.10. The Morgan fingerprint density at radius 1 is 1.29 bits per heavy atom. The van der Waals surface area contributed by atoms with Crippen molar-refractivity contribution in [1.29, 1.82) is 0 Å². The third-order valence-electron chi connectivity index (χ3n) is 3.68. The maximum absolute atomic E-state index is 12.7. The molecule has 2 bridgehead atoms. The van der Waals surface area contributed by atoms with Crippen LogP contribution in [-0.2, 0) is 19.6 Å². The highest BCUT2D eigenvalue weighted by Gasteiger charge is 2.51. The van der Waals surface area contributed by atoms with Gasteiger partial charge in [-0.05, 0) is 6.07 Å². The second-order valence-corrected chi connectivity index (χ2v) is 6.75. The van der Waals surface area contributed by atoms with E-state index in [-0.39, 0.29) is 30.3 Å². The minimum Gasteiger partial charge on any atom is -0.378 e. The summed E-state index contributed by atoms with van der Waals surface area (Å²) in [7, 11) is -4.12. The maximum atomic E-state index is 12.7. The topological polar surface area (TPSA) is 107 Å². The highest BCUT2D eigenvalue weighted by atomic mass is 32.2. The number of nitro groups is 1. The van der Waals surface area contributed by atoms with E-state index >= 15 is 0 Å². The van der Waals surface area contributed by atoms with Crippen molar-refractivity contribution in [3.8, 4) is 0 Å². The second kappa shape index (κ2) is 4.86. The smallest absolute Gasteiger partial charge is 0.289 e. The lowest BCUT2D eigenvalue weighted by molar-refractivity contribution is -0.387. The number of benzene rings is 1. The summed E-state index contributed by atoms with van der Waals surface area (Å²) in [6, 6.07) is 3.68. The molecule has 8 nitrogen and oxygen atoms in total. The average Bonchev–Trinajstić information content (AvgIpc) is 2.66. The van der Waals surface area contributed by atoms with Crippen LogP contribution in [0.1, 0.15) is 6.42 Å². The molecule has 1 aromatic carbocycles. The number of Topliss-reactive ketones (excluding diaryl/α,β-unsaturated/α-hetero) is 1. The summed E-state index contributed by atoms with van der Waals surface area (Å²) in [6.07, 6.45) is 0.0878. The van der Waals surface area contributed by atoms with Crippen molar-refractivity contribution in [2.24, 2.45) is 0 Å². The zero-order valence-corrected chi connectivity index (χ0v) is 11.7. The fraction of sp³-hybridized carbons (Fsp3) is 0.417. The Hall–Kier alpha value is -1.84. The molecule has 9 heteroatoms. The predicted molar refractivity (Wildman–Crippen MR) is 70.1 cm³/mol. The molecule has 21 heavy (non-hydrogen) atoms. The van der Waals surface area contributed by atoms with Gasteiger partial charge in [-0.1, -0.05) is 12.1 Å². The molecular weight excluding hydrogens is 300 g/mol. The van der Waals surface area contributed by atoms with Gasteiger partial charge in [0.1, 0.15) is 6.04 Å². The molecule has 2 saturated heterocycles. The Morgan fingerprint density at radius 3 is 2.67 bits per heavy atom. The summed E-state index contributed by atoms with van der Waals surface area (Å²) in [4.78, 5) is 21.7. The number of rotatable bonds is 3. The number of carbonyl (C=O) groups is 1. The van der Waals surface area contributed by atoms with Crippen molar-refractivity contribution in [3.05, 3.63) is 34.4 Å². The number of nitrogens with zero attached hydrogens (tertiary/aromatic N) is 2. The summed E-state index contributed by atoms with van der Waals surface area (Å²) in [5.41, 5.74) is -0.490. The van der Waals surface area contributed by atoms with Gasteiger partial charge >= 0.3 is 0 Å². The molecule has 2 heterocycles. The minimum absolute atomic E-state index is 0.00477. The van der Waals surface area contributed by atoms with Crippen LogP contribution in [0.5, 0.6) is 0 Å². The van der Waals surface area contributed by atoms with Crippen LogP contribution in [0.4, 0.5) is 5.69 Å². The summed E-state index contributed by atoms with van der Waals surface area (Å²) in [6.45, 7) is 0.122. The van der Waals surface area contributed by atoms with Gasteiger partial charge in [-0.2, -0.15) is 4.31 Å². The minimum atomic E-state index is -4.12. The van der Waals surface area contributed by atoms with Crippen molar-refractivity contribution in [2.45, 2.75) is 23.4 Å². The number of hydrogen-bond donors (Lipinski definition) is 0. The van der Waals surface area contributed by atoms with Crippen molar-refractivity contribution in [1.82, 2.24) is 4.31 Å². The molecule has 2 atom stereocenters. The van der Waals surface area contributed by atoms with Gasteiger partial charge < -0.3 is 4.74 Å². The fourth-order valence-corrected chi connectivity index (χ4v) is 4.70. The Labute approximate surface area is 120 Å². The Bertz CT molecular complexity index is 716. The lowest BCUT2D eigenvalue weighted by Crippen LogP contribution is -2.50. The summed E-state index contributed by atoms with van der Waals surface area (Å²) in [5.74, 6) is -0.209. The normalized spacial score (nSPS) is 26.0. The van der Waals surface area contributed by atoms with E-state index < -0.39 is 32.7 Å². The van der Waals surface area contributed by atoms with Gasteiger partial charge in [0.15, 0.2) is 10.7 Å². The van der Waals surface area contributed by atoms with E-state index in [9.17, 15) is 23.3 Å². The van der Waals surface area contributed by atoms with Crippen LogP contribution in [0.3, 0.4) is 0 Å². The van der Waals surface area contributed by atoms with Gasteiger partial charge in [0.25, 0.3) is 15.7 Å². The molecule has 112 valence electrons. The van der Waals surface area contributed by atoms with E-state index in [1.54, 1.807) is 0 Å². The van der Waals surface area contributed by atoms with E-state index in [1.807, 2.05) is 0 Å². The van der Waals surface area contributed by atoms with E-state index in [4.69, 9.17) is 4.74 Å². The van der Waals surface area contributed by atoms with E-state index in [0.29, 0.717) is 0 Å². The number of morpholine rings is 1. The van der Waals surface area contributed by atoms with Gasteiger partial charge in [0.2, 0.25) is 0 Å². The van der Waals surface area contributed by atoms with Crippen LogP contribution in [0, 0.1) is 10.1 Å². The number of para-hydroxylation sites is 1. The maximum Gasteiger partial charge on any atom is 0.289 e. The molecule has 0 aromatic heterocycles. The number of ether oxygens (including phenoxy) is 1. The lowest BCUT2D eigenvalue weighted by Gasteiger charge is -2.32.